The molecule has 1 aliphatic rings. The van der Waals surface area contributed by atoms with Gasteiger partial charge in [-0.05, 0) is 48.7 Å². The predicted molar refractivity (Wildman–Crippen MR) is 110 cm³/mol. The Morgan fingerprint density at radius 2 is 1.76 bits per heavy atom. The molecule has 2 aromatic carbocycles. The third kappa shape index (κ3) is 3.42. The SMILES string of the molecule is Cc1ccccc1NC(=O)c1sc2c(c1C)[C@H](c1c(F)cccc1F)CC(=O)N2. The summed E-state index contributed by atoms with van der Waals surface area (Å²) in [4.78, 5) is 25.5. The molecule has 3 aromatic rings. The Kier molecular flexibility index (Phi) is 4.92. The van der Waals surface area contributed by atoms with Crippen LogP contribution in [0.25, 0.3) is 0 Å². The lowest BCUT2D eigenvalue weighted by Gasteiger charge is -2.24. The van der Waals surface area contributed by atoms with Crippen LogP contribution in [0.3, 0.4) is 0 Å². The number of anilines is 2. The highest BCUT2D eigenvalue weighted by Gasteiger charge is 2.35. The van der Waals surface area contributed by atoms with Gasteiger partial charge in [0.25, 0.3) is 5.91 Å². The van der Waals surface area contributed by atoms with Crippen molar-refractivity contribution < 1.29 is 18.4 Å². The fraction of sp³-hybridized carbons (Fsp3) is 0.182. The average Bonchev–Trinajstić information content (AvgIpc) is 3.00. The zero-order valence-corrected chi connectivity index (χ0v) is 16.6. The summed E-state index contributed by atoms with van der Waals surface area (Å²) >= 11 is 1.12. The van der Waals surface area contributed by atoms with Crippen LogP contribution in [0.5, 0.6) is 0 Å². The van der Waals surface area contributed by atoms with Crippen molar-refractivity contribution in [3.63, 3.8) is 0 Å². The quantitative estimate of drug-likeness (QED) is 0.608. The summed E-state index contributed by atoms with van der Waals surface area (Å²) in [6.45, 7) is 3.63. The van der Waals surface area contributed by atoms with Crippen molar-refractivity contribution in [2.75, 3.05) is 10.6 Å². The van der Waals surface area contributed by atoms with E-state index in [4.69, 9.17) is 0 Å². The van der Waals surface area contributed by atoms with Gasteiger partial charge in [-0.1, -0.05) is 24.3 Å². The predicted octanol–water partition coefficient (Wildman–Crippen LogP) is 5.37. The third-order valence-corrected chi connectivity index (χ3v) is 6.35. The minimum absolute atomic E-state index is 0.0821. The summed E-state index contributed by atoms with van der Waals surface area (Å²) in [6.07, 6.45) is -0.0821. The summed E-state index contributed by atoms with van der Waals surface area (Å²) in [5, 5.41) is 6.08. The number of carbonyl (C=O) groups is 2. The van der Waals surface area contributed by atoms with Crippen LogP contribution in [-0.4, -0.2) is 11.8 Å². The largest absolute Gasteiger partial charge is 0.321 e. The fourth-order valence-corrected chi connectivity index (χ4v) is 4.88. The Bertz CT molecular complexity index is 1120. The second-order valence-electron chi connectivity index (χ2n) is 7.01. The van der Waals surface area contributed by atoms with E-state index < -0.39 is 17.6 Å². The monoisotopic (exact) mass is 412 g/mol. The number of hydrogen-bond acceptors (Lipinski definition) is 3. The van der Waals surface area contributed by atoms with Crippen LogP contribution in [0.2, 0.25) is 0 Å². The van der Waals surface area contributed by atoms with Gasteiger partial charge in [0.1, 0.15) is 11.6 Å². The van der Waals surface area contributed by atoms with Gasteiger partial charge < -0.3 is 10.6 Å². The van der Waals surface area contributed by atoms with Crippen LogP contribution in [0.4, 0.5) is 19.5 Å². The molecule has 0 radical (unpaired) electrons. The molecule has 2 amide bonds. The maximum Gasteiger partial charge on any atom is 0.266 e. The zero-order valence-electron chi connectivity index (χ0n) is 15.8. The lowest BCUT2D eigenvalue weighted by Crippen LogP contribution is -2.24. The van der Waals surface area contributed by atoms with Gasteiger partial charge in [0, 0.05) is 23.6 Å². The molecule has 4 rings (SSSR count). The normalized spacial score (nSPS) is 15.6. The summed E-state index contributed by atoms with van der Waals surface area (Å²) in [5.41, 5.74) is 2.66. The van der Waals surface area contributed by atoms with Crippen LogP contribution in [0.1, 0.15) is 44.3 Å². The molecule has 29 heavy (non-hydrogen) atoms. The van der Waals surface area contributed by atoms with Crippen LogP contribution >= 0.6 is 11.3 Å². The first-order valence-electron chi connectivity index (χ1n) is 9.10. The van der Waals surface area contributed by atoms with Gasteiger partial charge in [-0.25, -0.2) is 8.78 Å². The number of thiophene rings is 1. The summed E-state index contributed by atoms with van der Waals surface area (Å²) < 4.78 is 28.9. The molecule has 7 heteroatoms. The van der Waals surface area contributed by atoms with Crippen LogP contribution in [0.15, 0.2) is 42.5 Å². The van der Waals surface area contributed by atoms with Gasteiger partial charge in [-0.2, -0.15) is 0 Å². The Morgan fingerprint density at radius 3 is 2.45 bits per heavy atom. The number of rotatable bonds is 3. The topological polar surface area (TPSA) is 58.2 Å². The minimum atomic E-state index is -0.781. The van der Waals surface area contributed by atoms with Crippen LogP contribution in [-0.2, 0) is 4.79 Å². The number of amides is 2. The molecule has 1 aromatic heterocycles. The van der Waals surface area contributed by atoms with Crippen molar-refractivity contribution in [2.45, 2.75) is 26.2 Å². The number of nitrogens with one attached hydrogen (secondary N) is 2. The van der Waals surface area contributed by atoms with E-state index in [9.17, 15) is 18.4 Å². The highest BCUT2D eigenvalue weighted by atomic mass is 32.1. The highest BCUT2D eigenvalue weighted by Crippen LogP contribution is 2.46. The fourth-order valence-electron chi connectivity index (χ4n) is 3.70. The van der Waals surface area contributed by atoms with Crippen molar-refractivity contribution in [2.24, 2.45) is 0 Å². The molecular formula is C22H18F2N2O2S. The Hall–Kier alpha value is -3.06. The minimum Gasteiger partial charge on any atom is -0.321 e. The number of fused-ring (bicyclic) bond motifs is 1. The van der Waals surface area contributed by atoms with E-state index in [0.29, 0.717) is 26.7 Å². The standard InChI is InChI=1S/C22H18F2N2O2S/c1-11-6-3-4-9-16(11)25-21(28)20-12(2)18-13(10-17(27)26-22(18)29-20)19-14(23)7-5-8-15(19)24/h3-9,13H,10H2,1-2H3,(H,25,28)(H,26,27)/t13-/m1/s1. The molecule has 0 fully saturated rings. The van der Waals surface area contributed by atoms with Gasteiger partial charge in [0.05, 0.1) is 9.88 Å². The molecular weight excluding hydrogens is 394 g/mol. The average molecular weight is 412 g/mol. The summed E-state index contributed by atoms with van der Waals surface area (Å²) in [7, 11) is 0. The molecule has 2 heterocycles. The number of benzene rings is 2. The Morgan fingerprint density at radius 1 is 1.07 bits per heavy atom. The molecule has 1 aliphatic heterocycles. The van der Waals surface area contributed by atoms with Crippen molar-refractivity contribution >= 4 is 33.8 Å². The van der Waals surface area contributed by atoms with E-state index in [1.165, 1.54) is 18.2 Å². The van der Waals surface area contributed by atoms with Gasteiger partial charge in [-0.15, -0.1) is 11.3 Å². The second kappa shape index (κ2) is 7.40. The molecule has 0 spiro atoms. The van der Waals surface area contributed by atoms with Gasteiger partial charge in [-0.3, -0.25) is 9.59 Å². The lowest BCUT2D eigenvalue weighted by atomic mass is 9.84. The number of para-hydroxylation sites is 1. The molecule has 0 unspecified atom stereocenters. The number of carbonyl (C=O) groups excluding carboxylic acids is 2. The van der Waals surface area contributed by atoms with E-state index in [0.717, 1.165) is 16.9 Å². The van der Waals surface area contributed by atoms with Crippen LogP contribution in [0, 0.1) is 25.5 Å². The van der Waals surface area contributed by atoms with Crippen molar-refractivity contribution in [1.29, 1.82) is 0 Å². The van der Waals surface area contributed by atoms with E-state index in [1.807, 2.05) is 25.1 Å². The maximum absolute atomic E-state index is 14.4. The first-order valence-corrected chi connectivity index (χ1v) is 9.92. The van der Waals surface area contributed by atoms with Gasteiger partial charge >= 0.3 is 0 Å². The maximum atomic E-state index is 14.4. The molecule has 0 bridgehead atoms. The van der Waals surface area contributed by atoms with E-state index in [2.05, 4.69) is 10.6 Å². The zero-order chi connectivity index (χ0) is 20.7. The summed E-state index contributed by atoms with van der Waals surface area (Å²) in [6, 6.07) is 11.0. The number of halogens is 2. The van der Waals surface area contributed by atoms with Crippen molar-refractivity contribution in [3.8, 4) is 0 Å². The first-order chi connectivity index (χ1) is 13.9. The molecule has 0 saturated heterocycles. The van der Waals surface area contributed by atoms with Gasteiger partial charge in [0.2, 0.25) is 5.91 Å². The van der Waals surface area contributed by atoms with E-state index in [-0.39, 0.29) is 23.8 Å². The smallest absolute Gasteiger partial charge is 0.266 e. The first kappa shape index (κ1) is 19.3. The second-order valence-corrected chi connectivity index (χ2v) is 8.03. The Balaban J connectivity index is 1.77. The lowest BCUT2D eigenvalue weighted by molar-refractivity contribution is -0.116. The molecule has 0 aliphatic carbocycles. The molecule has 4 nitrogen and oxygen atoms in total. The highest BCUT2D eigenvalue weighted by molar-refractivity contribution is 7.18. The molecule has 2 N–H and O–H groups in total. The molecule has 0 saturated carbocycles. The van der Waals surface area contributed by atoms with Crippen molar-refractivity contribution in [3.05, 3.63) is 81.2 Å². The van der Waals surface area contributed by atoms with Gasteiger partial charge in [0.15, 0.2) is 0 Å². The molecule has 148 valence electrons. The summed E-state index contributed by atoms with van der Waals surface area (Å²) in [5.74, 6) is -2.84. The Labute approximate surface area is 170 Å². The van der Waals surface area contributed by atoms with Crippen LogP contribution < -0.4 is 10.6 Å². The molecule has 1 atom stereocenters. The van der Waals surface area contributed by atoms with Crippen molar-refractivity contribution in [1.82, 2.24) is 0 Å². The third-order valence-electron chi connectivity index (χ3n) is 5.13. The van der Waals surface area contributed by atoms with E-state index >= 15 is 0 Å². The number of aryl methyl sites for hydroxylation is 1. The number of hydrogen-bond donors (Lipinski definition) is 2. The van der Waals surface area contributed by atoms with E-state index in [1.54, 1.807) is 13.0 Å².